The van der Waals surface area contributed by atoms with E-state index in [1.807, 2.05) is 0 Å². The van der Waals surface area contributed by atoms with Gasteiger partial charge in [0.2, 0.25) is 5.91 Å². The molecule has 0 N–H and O–H groups in total. The van der Waals surface area contributed by atoms with E-state index < -0.39 is 17.6 Å². The van der Waals surface area contributed by atoms with Gasteiger partial charge in [-0.05, 0) is 19.9 Å². The first-order valence-electron chi connectivity index (χ1n) is 7.07. The summed E-state index contributed by atoms with van der Waals surface area (Å²) in [5, 5.41) is 0. The Balaban J connectivity index is 2.11. The van der Waals surface area contributed by atoms with Crippen molar-refractivity contribution in [3.63, 3.8) is 0 Å². The number of hydrogen-bond acceptors (Lipinski definition) is 4. The molecule has 0 aromatic heterocycles. The summed E-state index contributed by atoms with van der Waals surface area (Å²) in [5.74, 6) is -1.85. The molecule has 1 aromatic carbocycles. The van der Waals surface area contributed by atoms with Gasteiger partial charge in [-0.2, -0.15) is 0 Å². The summed E-state index contributed by atoms with van der Waals surface area (Å²) >= 11 is 0. The molecule has 0 aliphatic carbocycles. The molecule has 6 nitrogen and oxygen atoms in total. The minimum absolute atomic E-state index is 0.0526. The molecular weight excluding hydrogens is 303 g/mol. The molecule has 1 fully saturated rings. The zero-order valence-electron chi connectivity index (χ0n) is 13.0. The Morgan fingerprint density at radius 2 is 1.83 bits per heavy atom. The Labute approximate surface area is 132 Å². The highest BCUT2D eigenvalue weighted by Crippen LogP contribution is 2.39. The number of fused-ring (bicyclic) bond motifs is 1. The Hall–Kier alpha value is -2.70. The van der Waals surface area contributed by atoms with Crippen LogP contribution >= 0.6 is 0 Å². The van der Waals surface area contributed by atoms with Crippen molar-refractivity contribution in [1.82, 2.24) is 0 Å². The molecule has 0 spiro atoms. The third-order valence-electron chi connectivity index (χ3n) is 4.00. The van der Waals surface area contributed by atoms with E-state index in [1.165, 1.54) is 18.0 Å². The van der Waals surface area contributed by atoms with Gasteiger partial charge in [0.05, 0.1) is 17.8 Å². The van der Waals surface area contributed by atoms with E-state index in [-0.39, 0.29) is 30.4 Å². The SMILES string of the molecule is CC(C)=C1CC(=O)N(c2cc3c(cc2F)OCC(=O)N3C)C1=O. The lowest BCUT2D eigenvalue weighted by Gasteiger charge is -2.27. The van der Waals surface area contributed by atoms with Gasteiger partial charge in [0.15, 0.2) is 12.4 Å². The number of carbonyl (C=O) groups is 3. The van der Waals surface area contributed by atoms with Crippen LogP contribution in [0.4, 0.5) is 15.8 Å². The van der Waals surface area contributed by atoms with E-state index in [2.05, 4.69) is 0 Å². The van der Waals surface area contributed by atoms with Crippen LogP contribution in [0.3, 0.4) is 0 Å². The number of nitrogens with zero attached hydrogens (tertiary/aromatic N) is 2. The molecule has 2 aliphatic heterocycles. The van der Waals surface area contributed by atoms with Gasteiger partial charge in [-0.3, -0.25) is 14.4 Å². The van der Waals surface area contributed by atoms with E-state index in [0.29, 0.717) is 11.3 Å². The van der Waals surface area contributed by atoms with Crippen LogP contribution in [0.15, 0.2) is 23.3 Å². The lowest BCUT2D eigenvalue weighted by Crippen LogP contribution is -2.36. The van der Waals surface area contributed by atoms with Crippen LogP contribution in [-0.2, 0) is 14.4 Å². The standard InChI is InChI=1S/C16H15FN2O4/c1-8(2)9-4-14(20)19(16(9)22)11-6-12-13(5-10(11)17)23-7-15(21)18(12)3/h5-6H,4,7H2,1-3H3. The lowest BCUT2D eigenvalue weighted by molar-refractivity contribution is -0.121. The molecule has 1 saturated heterocycles. The van der Waals surface area contributed by atoms with Gasteiger partial charge in [0.1, 0.15) is 5.75 Å². The maximum absolute atomic E-state index is 14.4. The van der Waals surface area contributed by atoms with Crippen molar-refractivity contribution in [3.8, 4) is 5.75 Å². The minimum Gasteiger partial charge on any atom is -0.481 e. The number of benzene rings is 1. The van der Waals surface area contributed by atoms with Crippen LogP contribution in [0.2, 0.25) is 0 Å². The smallest absolute Gasteiger partial charge is 0.264 e. The third kappa shape index (κ3) is 2.28. The fourth-order valence-corrected chi connectivity index (χ4v) is 2.64. The van der Waals surface area contributed by atoms with E-state index in [0.717, 1.165) is 16.5 Å². The molecule has 0 bridgehead atoms. The van der Waals surface area contributed by atoms with Gasteiger partial charge in [0, 0.05) is 18.7 Å². The first-order valence-corrected chi connectivity index (χ1v) is 7.07. The predicted octanol–water partition coefficient (Wildman–Crippen LogP) is 1.78. The van der Waals surface area contributed by atoms with Gasteiger partial charge in [-0.25, -0.2) is 9.29 Å². The first-order chi connectivity index (χ1) is 10.8. The second kappa shape index (κ2) is 5.19. The second-order valence-corrected chi connectivity index (χ2v) is 5.70. The Morgan fingerprint density at radius 3 is 2.43 bits per heavy atom. The van der Waals surface area contributed by atoms with Gasteiger partial charge in [0.25, 0.3) is 11.8 Å². The fourth-order valence-electron chi connectivity index (χ4n) is 2.64. The average molecular weight is 318 g/mol. The average Bonchev–Trinajstić information content (AvgIpc) is 2.78. The molecule has 1 aromatic rings. The lowest BCUT2D eigenvalue weighted by atomic mass is 10.1. The molecular formula is C16H15FN2O4. The number of halogens is 1. The summed E-state index contributed by atoms with van der Waals surface area (Å²) in [6, 6.07) is 2.39. The summed E-state index contributed by atoms with van der Waals surface area (Å²) in [4.78, 5) is 38.4. The zero-order valence-corrected chi connectivity index (χ0v) is 13.0. The molecule has 0 radical (unpaired) electrons. The number of amides is 3. The maximum Gasteiger partial charge on any atom is 0.264 e. The topological polar surface area (TPSA) is 66.9 Å². The van der Waals surface area contributed by atoms with Crippen molar-refractivity contribution < 1.29 is 23.5 Å². The Morgan fingerprint density at radius 1 is 1.13 bits per heavy atom. The number of likely N-dealkylation sites (N-methyl/N-ethyl adjacent to an activating group) is 1. The number of anilines is 2. The number of hydrogen-bond donors (Lipinski definition) is 0. The fraction of sp³-hybridized carbons (Fsp3) is 0.312. The van der Waals surface area contributed by atoms with E-state index in [4.69, 9.17) is 4.74 Å². The van der Waals surface area contributed by atoms with Crippen molar-refractivity contribution in [3.05, 3.63) is 29.1 Å². The van der Waals surface area contributed by atoms with Crippen LogP contribution in [0.1, 0.15) is 20.3 Å². The van der Waals surface area contributed by atoms with Crippen molar-refractivity contribution in [2.45, 2.75) is 20.3 Å². The van der Waals surface area contributed by atoms with Crippen LogP contribution in [0.5, 0.6) is 5.75 Å². The van der Waals surface area contributed by atoms with Gasteiger partial charge < -0.3 is 9.64 Å². The number of ether oxygens (including phenoxy) is 1. The largest absolute Gasteiger partial charge is 0.481 e. The van der Waals surface area contributed by atoms with Crippen molar-refractivity contribution in [1.29, 1.82) is 0 Å². The molecule has 0 saturated carbocycles. The normalized spacial score (nSPS) is 17.6. The summed E-state index contributed by atoms with van der Waals surface area (Å²) in [7, 11) is 1.53. The summed E-state index contributed by atoms with van der Waals surface area (Å²) in [6.07, 6.45) is -0.0526. The number of imide groups is 1. The molecule has 3 rings (SSSR count). The monoisotopic (exact) mass is 318 g/mol. The van der Waals surface area contributed by atoms with Crippen LogP contribution in [-0.4, -0.2) is 31.4 Å². The summed E-state index contributed by atoms with van der Waals surface area (Å²) in [6.45, 7) is 3.28. The van der Waals surface area contributed by atoms with Crippen LogP contribution in [0.25, 0.3) is 0 Å². The third-order valence-corrected chi connectivity index (χ3v) is 4.00. The molecule has 0 unspecified atom stereocenters. The summed E-state index contributed by atoms with van der Waals surface area (Å²) < 4.78 is 19.6. The number of rotatable bonds is 1. The highest BCUT2D eigenvalue weighted by molar-refractivity contribution is 6.28. The molecule has 2 heterocycles. The van der Waals surface area contributed by atoms with Gasteiger partial charge in [-0.15, -0.1) is 0 Å². The van der Waals surface area contributed by atoms with E-state index in [9.17, 15) is 18.8 Å². The predicted molar refractivity (Wildman–Crippen MR) is 80.8 cm³/mol. The number of allylic oxidation sites excluding steroid dienone is 1. The highest BCUT2D eigenvalue weighted by Gasteiger charge is 2.38. The minimum atomic E-state index is -0.747. The molecule has 2 aliphatic rings. The van der Waals surface area contributed by atoms with Gasteiger partial charge in [-0.1, -0.05) is 5.57 Å². The first kappa shape index (κ1) is 15.2. The Kier molecular flexibility index (Phi) is 3.43. The van der Waals surface area contributed by atoms with E-state index >= 15 is 0 Å². The molecule has 120 valence electrons. The summed E-state index contributed by atoms with van der Waals surface area (Å²) in [5.41, 5.74) is 1.25. The molecule has 23 heavy (non-hydrogen) atoms. The van der Waals surface area contributed by atoms with Gasteiger partial charge >= 0.3 is 0 Å². The van der Waals surface area contributed by atoms with Crippen LogP contribution in [0, 0.1) is 5.82 Å². The number of carbonyl (C=O) groups excluding carboxylic acids is 3. The second-order valence-electron chi connectivity index (χ2n) is 5.70. The van der Waals surface area contributed by atoms with Crippen molar-refractivity contribution in [2.24, 2.45) is 0 Å². The van der Waals surface area contributed by atoms with E-state index in [1.54, 1.807) is 13.8 Å². The molecule has 7 heteroatoms. The zero-order chi connectivity index (χ0) is 16.9. The Bertz CT molecular complexity index is 781. The molecule has 3 amide bonds. The maximum atomic E-state index is 14.4. The van der Waals surface area contributed by atoms with Crippen molar-refractivity contribution >= 4 is 29.1 Å². The van der Waals surface area contributed by atoms with Crippen LogP contribution < -0.4 is 14.5 Å². The highest BCUT2D eigenvalue weighted by atomic mass is 19.1. The van der Waals surface area contributed by atoms with Crippen molar-refractivity contribution in [2.75, 3.05) is 23.5 Å². The molecule has 0 atom stereocenters. The quantitative estimate of drug-likeness (QED) is 0.585.